The van der Waals surface area contributed by atoms with E-state index in [4.69, 9.17) is 14.7 Å². The van der Waals surface area contributed by atoms with Gasteiger partial charge in [-0.3, -0.25) is 0 Å². The van der Waals surface area contributed by atoms with Crippen molar-refractivity contribution >= 4 is 0 Å². The fraction of sp³-hybridized carbons (Fsp3) is 0.400. The van der Waals surface area contributed by atoms with Gasteiger partial charge in [0.25, 0.3) is 0 Å². The molecule has 0 aliphatic carbocycles. The molecule has 0 aromatic carbocycles. The average Bonchev–Trinajstić information content (AvgIpc) is 2.18. The number of nitriles is 1. The molecule has 1 unspecified atom stereocenters. The van der Waals surface area contributed by atoms with E-state index in [1.807, 2.05) is 13.0 Å². The van der Waals surface area contributed by atoms with Crippen molar-refractivity contribution < 1.29 is 9.47 Å². The quantitative estimate of drug-likeness (QED) is 0.722. The molecule has 1 heterocycles. The Morgan fingerprint density at radius 2 is 2.36 bits per heavy atom. The van der Waals surface area contributed by atoms with Crippen molar-refractivity contribution in [3.05, 3.63) is 23.9 Å². The highest BCUT2D eigenvalue weighted by Gasteiger charge is 2.04. The number of pyridine rings is 1. The van der Waals surface area contributed by atoms with E-state index in [0.717, 1.165) is 0 Å². The SMILES string of the molecule is COCC(C)Oc1cccc(C#N)n1. The van der Waals surface area contributed by atoms with Crippen LogP contribution in [0, 0.1) is 11.3 Å². The predicted molar refractivity (Wildman–Crippen MR) is 50.9 cm³/mol. The van der Waals surface area contributed by atoms with Crippen molar-refractivity contribution in [1.29, 1.82) is 5.26 Å². The monoisotopic (exact) mass is 192 g/mol. The molecule has 0 bridgehead atoms. The maximum atomic E-state index is 8.61. The molecule has 0 radical (unpaired) electrons. The van der Waals surface area contributed by atoms with Gasteiger partial charge in [-0.05, 0) is 13.0 Å². The van der Waals surface area contributed by atoms with E-state index in [1.54, 1.807) is 25.3 Å². The molecule has 0 aliphatic heterocycles. The van der Waals surface area contributed by atoms with Gasteiger partial charge < -0.3 is 9.47 Å². The van der Waals surface area contributed by atoms with Gasteiger partial charge in [0.2, 0.25) is 5.88 Å². The van der Waals surface area contributed by atoms with Crippen LogP contribution in [0.3, 0.4) is 0 Å². The van der Waals surface area contributed by atoms with Crippen molar-refractivity contribution in [2.45, 2.75) is 13.0 Å². The summed E-state index contributed by atoms with van der Waals surface area (Å²) in [6.07, 6.45) is -0.0681. The van der Waals surface area contributed by atoms with Gasteiger partial charge >= 0.3 is 0 Å². The summed E-state index contributed by atoms with van der Waals surface area (Å²) in [6.45, 7) is 2.38. The summed E-state index contributed by atoms with van der Waals surface area (Å²) in [5.74, 6) is 0.452. The molecule has 14 heavy (non-hydrogen) atoms. The fourth-order valence-corrected chi connectivity index (χ4v) is 1.02. The summed E-state index contributed by atoms with van der Waals surface area (Å²) in [5.41, 5.74) is 0.354. The predicted octanol–water partition coefficient (Wildman–Crippen LogP) is 1.37. The maximum Gasteiger partial charge on any atom is 0.214 e. The lowest BCUT2D eigenvalue weighted by atomic mass is 10.4. The first-order valence-corrected chi connectivity index (χ1v) is 4.29. The molecule has 1 aromatic heterocycles. The molecule has 4 heteroatoms. The van der Waals surface area contributed by atoms with Crippen molar-refractivity contribution in [1.82, 2.24) is 4.98 Å². The normalized spacial score (nSPS) is 11.8. The third-order valence-corrected chi connectivity index (χ3v) is 1.56. The van der Waals surface area contributed by atoms with E-state index in [2.05, 4.69) is 4.98 Å². The number of nitrogens with zero attached hydrogens (tertiary/aromatic N) is 2. The highest BCUT2D eigenvalue weighted by Crippen LogP contribution is 2.09. The number of aromatic nitrogens is 1. The minimum Gasteiger partial charge on any atom is -0.472 e. The van der Waals surface area contributed by atoms with E-state index >= 15 is 0 Å². The van der Waals surface area contributed by atoms with Crippen LogP contribution in [0.1, 0.15) is 12.6 Å². The second-order valence-corrected chi connectivity index (χ2v) is 2.86. The van der Waals surface area contributed by atoms with Crippen molar-refractivity contribution in [3.63, 3.8) is 0 Å². The first-order valence-electron chi connectivity index (χ1n) is 4.29. The molecular weight excluding hydrogens is 180 g/mol. The van der Waals surface area contributed by atoms with E-state index in [1.165, 1.54) is 0 Å². The molecule has 0 amide bonds. The highest BCUT2D eigenvalue weighted by atomic mass is 16.5. The summed E-state index contributed by atoms with van der Waals surface area (Å²) in [7, 11) is 1.61. The zero-order valence-electron chi connectivity index (χ0n) is 8.23. The van der Waals surface area contributed by atoms with Crippen LogP contribution in [0.2, 0.25) is 0 Å². The van der Waals surface area contributed by atoms with E-state index in [0.29, 0.717) is 18.2 Å². The van der Waals surface area contributed by atoms with Crippen LogP contribution in [0.25, 0.3) is 0 Å². The first kappa shape index (κ1) is 10.5. The Morgan fingerprint density at radius 1 is 1.57 bits per heavy atom. The maximum absolute atomic E-state index is 8.61. The van der Waals surface area contributed by atoms with Gasteiger partial charge in [0, 0.05) is 13.2 Å². The molecular formula is C10H12N2O2. The van der Waals surface area contributed by atoms with Gasteiger partial charge in [-0.15, -0.1) is 0 Å². The second-order valence-electron chi connectivity index (χ2n) is 2.86. The Labute approximate surface area is 83.1 Å². The zero-order chi connectivity index (χ0) is 10.4. The molecule has 0 N–H and O–H groups in total. The summed E-state index contributed by atoms with van der Waals surface area (Å²) < 4.78 is 10.3. The summed E-state index contributed by atoms with van der Waals surface area (Å²) in [5, 5.41) is 8.61. The Balaban J connectivity index is 2.63. The van der Waals surface area contributed by atoms with Crippen LogP contribution in [0.5, 0.6) is 5.88 Å². The molecule has 0 aliphatic rings. The van der Waals surface area contributed by atoms with E-state index < -0.39 is 0 Å². The third kappa shape index (κ3) is 3.04. The Hall–Kier alpha value is -1.60. The summed E-state index contributed by atoms with van der Waals surface area (Å²) >= 11 is 0. The standard InChI is InChI=1S/C10H12N2O2/c1-8(7-13-2)14-10-5-3-4-9(6-11)12-10/h3-5,8H,7H2,1-2H3. The van der Waals surface area contributed by atoms with Crippen LogP contribution in [0.4, 0.5) is 0 Å². The van der Waals surface area contributed by atoms with E-state index in [9.17, 15) is 0 Å². The molecule has 1 atom stereocenters. The number of ether oxygens (including phenoxy) is 2. The minimum atomic E-state index is -0.0681. The van der Waals surface area contributed by atoms with Crippen molar-refractivity contribution in [3.8, 4) is 11.9 Å². The van der Waals surface area contributed by atoms with Gasteiger partial charge in [-0.25, -0.2) is 4.98 Å². The third-order valence-electron chi connectivity index (χ3n) is 1.56. The molecule has 0 saturated heterocycles. The molecule has 0 spiro atoms. The number of hydrogen-bond donors (Lipinski definition) is 0. The first-order chi connectivity index (χ1) is 6.76. The topological polar surface area (TPSA) is 55.1 Å². The fourth-order valence-electron chi connectivity index (χ4n) is 1.02. The Bertz CT molecular complexity index is 333. The van der Waals surface area contributed by atoms with Gasteiger partial charge in [-0.1, -0.05) is 6.07 Å². The highest BCUT2D eigenvalue weighted by molar-refractivity contribution is 5.24. The van der Waals surface area contributed by atoms with Crippen LogP contribution in [-0.2, 0) is 4.74 Å². The lowest BCUT2D eigenvalue weighted by molar-refractivity contribution is 0.0889. The molecule has 4 nitrogen and oxygen atoms in total. The van der Waals surface area contributed by atoms with Gasteiger partial charge in [0.15, 0.2) is 0 Å². The van der Waals surface area contributed by atoms with Crippen molar-refractivity contribution in [2.24, 2.45) is 0 Å². The molecule has 1 aromatic rings. The molecule has 1 rings (SSSR count). The second kappa shape index (κ2) is 5.20. The van der Waals surface area contributed by atoms with Gasteiger partial charge in [-0.2, -0.15) is 5.26 Å². The number of hydrogen-bond acceptors (Lipinski definition) is 4. The van der Waals surface area contributed by atoms with Gasteiger partial charge in [0.1, 0.15) is 17.9 Å². The summed E-state index contributed by atoms with van der Waals surface area (Å²) in [6, 6.07) is 7.03. The lowest BCUT2D eigenvalue weighted by Crippen LogP contribution is -2.18. The zero-order valence-corrected chi connectivity index (χ0v) is 8.23. The lowest BCUT2D eigenvalue weighted by Gasteiger charge is -2.12. The number of rotatable bonds is 4. The molecule has 0 saturated carbocycles. The van der Waals surface area contributed by atoms with Crippen LogP contribution >= 0.6 is 0 Å². The van der Waals surface area contributed by atoms with E-state index in [-0.39, 0.29) is 6.10 Å². The van der Waals surface area contributed by atoms with Crippen LogP contribution < -0.4 is 4.74 Å². The van der Waals surface area contributed by atoms with Crippen LogP contribution in [0.15, 0.2) is 18.2 Å². The van der Waals surface area contributed by atoms with Gasteiger partial charge in [0.05, 0.1) is 6.61 Å². The molecule has 0 fully saturated rings. The minimum absolute atomic E-state index is 0.0681. The number of methoxy groups -OCH3 is 1. The Morgan fingerprint density at radius 3 is 3.00 bits per heavy atom. The molecule has 74 valence electrons. The smallest absolute Gasteiger partial charge is 0.214 e. The van der Waals surface area contributed by atoms with Crippen molar-refractivity contribution in [2.75, 3.05) is 13.7 Å². The average molecular weight is 192 g/mol. The Kier molecular flexibility index (Phi) is 3.89. The van der Waals surface area contributed by atoms with Crippen LogP contribution in [-0.4, -0.2) is 24.8 Å². The largest absolute Gasteiger partial charge is 0.472 e. The summed E-state index contributed by atoms with van der Waals surface area (Å²) in [4.78, 5) is 3.97.